The summed E-state index contributed by atoms with van der Waals surface area (Å²) < 4.78 is 5.27. The Labute approximate surface area is 103 Å². The van der Waals surface area contributed by atoms with Crippen LogP contribution in [-0.4, -0.2) is 42.6 Å². The lowest BCUT2D eigenvalue weighted by Gasteiger charge is -2.30. The molecule has 0 aromatic rings. The van der Waals surface area contributed by atoms with Gasteiger partial charge in [0.25, 0.3) is 0 Å². The van der Waals surface area contributed by atoms with Crippen LogP contribution >= 0.6 is 0 Å². The second kappa shape index (κ2) is 4.58. The van der Waals surface area contributed by atoms with Gasteiger partial charge in [-0.2, -0.15) is 0 Å². The minimum Gasteiger partial charge on any atom is -0.379 e. The van der Waals surface area contributed by atoms with Crippen LogP contribution in [0, 0.1) is 5.41 Å². The van der Waals surface area contributed by atoms with Crippen LogP contribution in [0.4, 0.5) is 0 Å². The Kier molecular flexibility index (Phi) is 3.46. The molecular formula is C13H24N2O2. The summed E-state index contributed by atoms with van der Waals surface area (Å²) in [6.45, 7) is 7.16. The van der Waals surface area contributed by atoms with Gasteiger partial charge in [0.05, 0.1) is 6.61 Å². The van der Waals surface area contributed by atoms with Gasteiger partial charge < -0.3 is 15.4 Å². The highest BCUT2D eigenvalue weighted by molar-refractivity contribution is 5.87. The Bertz CT molecular complexity index is 294. The summed E-state index contributed by atoms with van der Waals surface area (Å²) in [5, 5.41) is 0. The minimum atomic E-state index is -0.752. The number of hydrogen-bond donors (Lipinski definition) is 1. The largest absolute Gasteiger partial charge is 0.379 e. The zero-order valence-corrected chi connectivity index (χ0v) is 11.0. The van der Waals surface area contributed by atoms with Gasteiger partial charge in [-0.1, -0.05) is 13.8 Å². The molecule has 2 heterocycles. The number of carbonyl (C=O) groups excluding carboxylic acids is 1. The van der Waals surface area contributed by atoms with Crippen LogP contribution in [0.3, 0.4) is 0 Å². The molecule has 98 valence electrons. The molecular weight excluding hydrogens is 216 g/mol. The van der Waals surface area contributed by atoms with Gasteiger partial charge >= 0.3 is 0 Å². The van der Waals surface area contributed by atoms with Crippen molar-refractivity contribution in [2.24, 2.45) is 11.1 Å². The molecule has 2 saturated heterocycles. The van der Waals surface area contributed by atoms with Gasteiger partial charge in [0.15, 0.2) is 0 Å². The number of amides is 1. The van der Waals surface area contributed by atoms with Gasteiger partial charge in [0.2, 0.25) is 5.91 Å². The van der Waals surface area contributed by atoms with Crippen molar-refractivity contribution < 1.29 is 9.53 Å². The molecule has 4 heteroatoms. The molecule has 4 nitrogen and oxygen atoms in total. The van der Waals surface area contributed by atoms with E-state index in [4.69, 9.17) is 10.5 Å². The second-order valence-electron chi connectivity index (χ2n) is 5.64. The van der Waals surface area contributed by atoms with E-state index in [0.29, 0.717) is 25.0 Å². The van der Waals surface area contributed by atoms with Crippen LogP contribution < -0.4 is 5.73 Å². The first-order valence-corrected chi connectivity index (χ1v) is 6.71. The number of hydrogen-bond acceptors (Lipinski definition) is 3. The van der Waals surface area contributed by atoms with Crippen LogP contribution in [0.25, 0.3) is 0 Å². The number of nitrogens with two attached hydrogens (primary N) is 1. The molecule has 1 amide bonds. The lowest BCUT2D eigenvalue weighted by atomic mass is 9.82. The average molecular weight is 240 g/mol. The van der Waals surface area contributed by atoms with Crippen LogP contribution in [0.5, 0.6) is 0 Å². The fourth-order valence-electron chi connectivity index (χ4n) is 3.00. The molecule has 1 atom stereocenters. The van der Waals surface area contributed by atoms with Gasteiger partial charge in [-0.05, 0) is 31.1 Å². The summed E-state index contributed by atoms with van der Waals surface area (Å²) in [4.78, 5) is 14.4. The Morgan fingerprint density at radius 3 is 2.53 bits per heavy atom. The molecule has 0 saturated carbocycles. The molecule has 2 N–H and O–H groups in total. The summed E-state index contributed by atoms with van der Waals surface area (Å²) in [5.74, 6) is 0.0961. The van der Waals surface area contributed by atoms with E-state index in [1.807, 2.05) is 4.90 Å². The SMILES string of the molecule is CCC1(CC)CCN(C(=O)C2(N)CCOC2)C1. The Balaban J connectivity index is 2.03. The summed E-state index contributed by atoms with van der Waals surface area (Å²) in [7, 11) is 0. The molecule has 0 bridgehead atoms. The van der Waals surface area contributed by atoms with Gasteiger partial charge in [0, 0.05) is 19.7 Å². The van der Waals surface area contributed by atoms with Crippen molar-refractivity contribution in [2.75, 3.05) is 26.3 Å². The van der Waals surface area contributed by atoms with Crippen molar-refractivity contribution in [1.82, 2.24) is 4.90 Å². The molecule has 2 aliphatic rings. The molecule has 17 heavy (non-hydrogen) atoms. The summed E-state index contributed by atoms with van der Waals surface area (Å²) in [6, 6.07) is 0. The third-order valence-corrected chi connectivity index (χ3v) is 4.70. The molecule has 0 aliphatic carbocycles. The van der Waals surface area contributed by atoms with E-state index < -0.39 is 5.54 Å². The van der Waals surface area contributed by atoms with Crippen LogP contribution in [0.2, 0.25) is 0 Å². The number of ether oxygens (including phenoxy) is 1. The summed E-state index contributed by atoms with van der Waals surface area (Å²) in [5.41, 5.74) is 5.71. The van der Waals surface area contributed by atoms with E-state index in [2.05, 4.69) is 13.8 Å². The predicted molar refractivity (Wildman–Crippen MR) is 66.6 cm³/mol. The second-order valence-corrected chi connectivity index (χ2v) is 5.64. The molecule has 0 radical (unpaired) electrons. The number of carbonyl (C=O) groups is 1. The molecule has 0 spiro atoms. The molecule has 0 aromatic heterocycles. The molecule has 0 aromatic carbocycles. The van der Waals surface area contributed by atoms with Crippen molar-refractivity contribution in [1.29, 1.82) is 0 Å². The highest BCUT2D eigenvalue weighted by atomic mass is 16.5. The summed E-state index contributed by atoms with van der Waals surface area (Å²) in [6.07, 6.45) is 4.05. The fraction of sp³-hybridized carbons (Fsp3) is 0.923. The third kappa shape index (κ3) is 2.20. The standard InChI is InChI=1S/C13H24N2O2/c1-3-12(4-2)5-7-15(9-12)11(16)13(14)6-8-17-10-13/h3-10,14H2,1-2H3. The van der Waals surface area contributed by atoms with Gasteiger partial charge in [-0.3, -0.25) is 4.79 Å². The first-order valence-electron chi connectivity index (χ1n) is 6.71. The van der Waals surface area contributed by atoms with E-state index in [1.165, 1.54) is 0 Å². The molecule has 1 unspecified atom stereocenters. The first-order chi connectivity index (χ1) is 8.05. The predicted octanol–water partition coefficient (Wildman–Crippen LogP) is 1.14. The van der Waals surface area contributed by atoms with Gasteiger partial charge in [-0.25, -0.2) is 0 Å². The van der Waals surface area contributed by atoms with E-state index >= 15 is 0 Å². The van der Waals surface area contributed by atoms with Crippen LogP contribution in [-0.2, 0) is 9.53 Å². The number of nitrogens with zero attached hydrogens (tertiary/aromatic N) is 1. The quantitative estimate of drug-likeness (QED) is 0.805. The lowest BCUT2D eigenvalue weighted by Crippen LogP contribution is -2.55. The Morgan fingerprint density at radius 2 is 2.06 bits per heavy atom. The fourth-order valence-corrected chi connectivity index (χ4v) is 3.00. The number of rotatable bonds is 3. The maximum Gasteiger partial charge on any atom is 0.245 e. The lowest BCUT2D eigenvalue weighted by molar-refractivity contribution is -0.136. The highest BCUT2D eigenvalue weighted by Gasteiger charge is 2.45. The highest BCUT2D eigenvalue weighted by Crippen LogP contribution is 2.38. The van der Waals surface area contributed by atoms with E-state index in [1.54, 1.807) is 0 Å². The van der Waals surface area contributed by atoms with Gasteiger partial charge in [0.1, 0.15) is 5.54 Å². The zero-order chi connectivity index (χ0) is 12.5. The smallest absolute Gasteiger partial charge is 0.245 e. The van der Waals surface area contributed by atoms with Crippen molar-refractivity contribution in [2.45, 2.75) is 45.1 Å². The zero-order valence-electron chi connectivity index (χ0n) is 11.0. The normalized spacial score (nSPS) is 32.1. The Morgan fingerprint density at radius 1 is 1.35 bits per heavy atom. The Hall–Kier alpha value is -0.610. The minimum absolute atomic E-state index is 0.0961. The molecule has 2 fully saturated rings. The third-order valence-electron chi connectivity index (χ3n) is 4.70. The topological polar surface area (TPSA) is 55.6 Å². The van der Waals surface area contributed by atoms with Crippen molar-refractivity contribution in [3.63, 3.8) is 0 Å². The maximum atomic E-state index is 12.4. The van der Waals surface area contributed by atoms with Crippen molar-refractivity contribution in [3.05, 3.63) is 0 Å². The first kappa shape index (κ1) is 12.8. The van der Waals surface area contributed by atoms with E-state index in [-0.39, 0.29) is 5.91 Å². The molecule has 2 rings (SSSR count). The number of likely N-dealkylation sites (tertiary alicyclic amines) is 1. The van der Waals surface area contributed by atoms with Gasteiger partial charge in [-0.15, -0.1) is 0 Å². The van der Waals surface area contributed by atoms with Crippen molar-refractivity contribution >= 4 is 5.91 Å². The summed E-state index contributed by atoms with van der Waals surface area (Å²) >= 11 is 0. The van der Waals surface area contributed by atoms with Crippen molar-refractivity contribution in [3.8, 4) is 0 Å². The van der Waals surface area contributed by atoms with E-state index in [9.17, 15) is 4.79 Å². The van der Waals surface area contributed by atoms with E-state index in [0.717, 1.165) is 32.4 Å². The monoisotopic (exact) mass is 240 g/mol. The molecule has 2 aliphatic heterocycles. The van der Waals surface area contributed by atoms with Crippen LogP contribution in [0.15, 0.2) is 0 Å². The average Bonchev–Trinajstić information content (AvgIpc) is 2.96. The maximum absolute atomic E-state index is 12.4. The van der Waals surface area contributed by atoms with Crippen LogP contribution in [0.1, 0.15) is 39.5 Å².